The predicted octanol–water partition coefficient (Wildman–Crippen LogP) is 5.24. The summed E-state index contributed by atoms with van der Waals surface area (Å²) in [6.45, 7) is 0. The molecule has 92 valence electrons. The van der Waals surface area contributed by atoms with E-state index in [1.54, 1.807) is 0 Å². The van der Waals surface area contributed by atoms with E-state index >= 15 is 0 Å². The predicted molar refractivity (Wildman–Crippen MR) is 82.7 cm³/mol. The lowest BCUT2D eigenvalue weighted by Crippen LogP contribution is -1.86. The van der Waals surface area contributed by atoms with E-state index in [0.717, 1.165) is 21.7 Å². The Balaban J connectivity index is 2.10. The largest absolute Gasteiger partial charge is 0.256 e. The summed E-state index contributed by atoms with van der Waals surface area (Å²) in [5.74, 6) is 0. The number of aliphatic imine (C=N–C) groups is 1. The maximum atomic E-state index is 6.28. The van der Waals surface area contributed by atoms with Gasteiger partial charge in [-0.3, -0.25) is 4.99 Å². The van der Waals surface area contributed by atoms with Crippen molar-refractivity contribution in [3.8, 4) is 0 Å². The van der Waals surface area contributed by atoms with Crippen LogP contribution in [-0.2, 0) is 0 Å². The molecule has 0 spiro atoms. The minimum absolute atomic E-state index is 0.721. The van der Waals surface area contributed by atoms with Crippen LogP contribution in [0.5, 0.6) is 0 Å². The Morgan fingerprint density at radius 2 is 1.53 bits per heavy atom. The van der Waals surface area contributed by atoms with Gasteiger partial charge >= 0.3 is 0 Å². The zero-order valence-electron chi connectivity index (χ0n) is 10.3. The first kappa shape index (κ1) is 11.9. The molecule has 0 amide bonds. The van der Waals surface area contributed by atoms with E-state index < -0.39 is 0 Å². The highest BCUT2D eigenvalue weighted by atomic mass is 35.5. The first-order chi connectivity index (χ1) is 9.34. The molecule has 0 saturated heterocycles. The van der Waals surface area contributed by atoms with Gasteiger partial charge in [-0.25, -0.2) is 0 Å². The van der Waals surface area contributed by atoms with Gasteiger partial charge in [0.2, 0.25) is 0 Å². The van der Waals surface area contributed by atoms with E-state index in [0.29, 0.717) is 0 Å². The summed E-state index contributed by atoms with van der Waals surface area (Å²) >= 11 is 6.28. The highest BCUT2D eigenvalue weighted by Crippen LogP contribution is 2.25. The molecule has 0 aromatic heterocycles. The molecule has 19 heavy (non-hydrogen) atoms. The van der Waals surface area contributed by atoms with Gasteiger partial charge in [0.05, 0.1) is 5.69 Å². The third-order valence-corrected chi connectivity index (χ3v) is 3.35. The fourth-order valence-electron chi connectivity index (χ4n) is 2.05. The van der Waals surface area contributed by atoms with Crippen LogP contribution in [0.2, 0.25) is 5.02 Å². The summed E-state index contributed by atoms with van der Waals surface area (Å²) in [4.78, 5) is 4.48. The monoisotopic (exact) mass is 265 g/mol. The van der Waals surface area contributed by atoms with Crippen molar-refractivity contribution in [3.05, 3.63) is 77.3 Å². The quantitative estimate of drug-likeness (QED) is 0.562. The van der Waals surface area contributed by atoms with Crippen molar-refractivity contribution in [1.29, 1.82) is 0 Å². The molecule has 0 fully saturated rings. The minimum atomic E-state index is 0.721. The topological polar surface area (TPSA) is 12.4 Å². The molecule has 3 aromatic carbocycles. The molecule has 0 aliphatic heterocycles. The highest BCUT2D eigenvalue weighted by molar-refractivity contribution is 6.34. The number of hydrogen-bond donors (Lipinski definition) is 0. The molecule has 0 aliphatic carbocycles. The Labute approximate surface area is 117 Å². The normalized spacial score (nSPS) is 11.2. The molecule has 3 aromatic rings. The van der Waals surface area contributed by atoms with Crippen LogP contribution < -0.4 is 0 Å². The summed E-state index contributed by atoms with van der Waals surface area (Å²) < 4.78 is 0. The number of halogens is 1. The molecule has 2 heteroatoms. The van der Waals surface area contributed by atoms with Crippen molar-refractivity contribution < 1.29 is 0 Å². The molecule has 0 aliphatic rings. The maximum Gasteiger partial charge on any atom is 0.0629 e. The Morgan fingerprint density at radius 1 is 0.789 bits per heavy atom. The van der Waals surface area contributed by atoms with Crippen molar-refractivity contribution in [2.24, 2.45) is 4.99 Å². The van der Waals surface area contributed by atoms with Crippen LogP contribution in [0.3, 0.4) is 0 Å². The van der Waals surface area contributed by atoms with Crippen molar-refractivity contribution in [2.75, 3.05) is 0 Å². The summed E-state index contributed by atoms with van der Waals surface area (Å²) in [7, 11) is 0. The van der Waals surface area contributed by atoms with E-state index in [4.69, 9.17) is 11.6 Å². The van der Waals surface area contributed by atoms with Gasteiger partial charge in [-0.15, -0.1) is 0 Å². The summed E-state index contributed by atoms with van der Waals surface area (Å²) in [6, 6.07) is 22.0. The van der Waals surface area contributed by atoms with Gasteiger partial charge in [0.25, 0.3) is 0 Å². The van der Waals surface area contributed by atoms with Crippen LogP contribution in [0.4, 0.5) is 5.69 Å². The van der Waals surface area contributed by atoms with Gasteiger partial charge < -0.3 is 0 Å². The Kier molecular flexibility index (Phi) is 3.30. The minimum Gasteiger partial charge on any atom is -0.256 e. The van der Waals surface area contributed by atoms with Gasteiger partial charge in [0.1, 0.15) is 0 Å². The third kappa shape index (κ3) is 2.51. The van der Waals surface area contributed by atoms with Crippen LogP contribution >= 0.6 is 11.6 Å². The number of nitrogens with zero attached hydrogens (tertiary/aromatic N) is 1. The van der Waals surface area contributed by atoms with E-state index in [2.05, 4.69) is 17.1 Å². The molecule has 0 radical (unpaired) electrons. The smallest absolute Gasteiger partial charge is 0.0629 e. The second-order valence-corrected chi connectivity index (χ2v) is 4.68. The van der Waals surface area contributed by atoms with E-state index in [9.17, 15) is 0 Å². The molecular weight excluding hydrogens is 254 g/mol. The molecule has 1 nitrogen and oxygen atoms in total. The summed E-state index contributed by atoms with van der Waals surface area (Å²) in [5.41, 5.74) is 1.88. The van der Waals surface area contributed by atoms with E-state index in [-0.39, 0.29) is 0 Å². The molecule has 3 rings (SSSR count). The standard InChI is InChI=1S/C17H12ClN/c18-17-11-10-13-6-4-5-9-15(13)16(17)12-19-14-7-2-1-3-8-14/h1-12H. The lowest BCUT2D eigenvalue weighted by atomic mass is 10.1. The molecule has 0 atom stereocenters. The van der Waals surface area contributed by atoms with Crippen LogP contribution in [0, 0.1) is 0 Å². The van der Waals surface area contributed by atoms with Crippen molar-refractivity contribution >= 4 is 34.3 Å². The molecule has 0 saturated carbocycles. The number of rotatable bonds is 2. The Morgan fingerprint density at radius 3 is 2.37 bits per heavy atom. The first-order valence-corrected chi connectivity index (χ1v) is 6.49. The van der Waals surface area contributed by atoms with Crippen LogP contribution in [-0.4, -0.2) is 6.21 Å². The van der Waals surface area contributed by atoms with Gasteiger partial charge in [0.15, 0.2) is 0 Å². The highest BCUT2D eigenvalue weighted by Gasteiger charge is 2.03. The fraction of sp³-hybridized carbons (Fsp3) is 0. The van der Waals surface area contributed by atoms with Crippen molar-refractivity contribution in [2.45, 2.75) is 0 Å². The fourth-order valence-corrected chi connectivity index (χ4v) is 2.27. The second kappa shape index (κ2) is 5.25. The molecule has 0 bridgehead atoms. The zero-order chi connectivity index (χ0) is 13.1. The van der Waals surface area contributed by atoms with Gasteiger partial charge in [-0.05, 0) is 29.0 Å². The maximum absolute atomic E-state index is 6.28. The zero-order valence-corrected chi connectivity index (χ0v) is 11.0. The number of fused-ring (bicyclic) bond motifs is 1. The summed E-state index contributed by atoms with van der Waals surface area (Å²) in [5, 5.41) is 3.01. The number of benzene rings is 3. The number of hydrogen-bond acceptors (Lipinski definition) is 1. The molecule has 0 heterocycles. The van der Waals surface area contributed by atoms with Gasteiger partial charge in [-0.2, -0.15) is 0 Å². The number of para-hydroxylation sites is 1. The van der Waals surface area contributed by atoms with Crippen molar-refractivity contribution in [3.63, 3.8) is 0 Å². The Bertz CT molecular complexity index is 733. The first-order valence-electron chi connectivity index (χ1n) is 6.11. The average molecular weight is 266 g/mol. The van der Waals surface area contributed by atoms with Crippen molar-refractivity contribution in [1.82, 2.24) is 0 Å². The lowest BCUT2D eigenvalue weighted by molar-refractivity contribution is 1.53. The summed E-state index contributed by atoms with van der Waals surface area (Å²) in [6.07, 6.45) is 1.83. The van der Waals surface area contributed by atoms with E-state index in [1.807, 2.05) is 60.8 Å². The van der Waals surface area contributed by atoms with E-state index in [1.165, 1.54) is 5.39 Å². The lowest BCUT2D eigenvalue weighted by Gasteiger charge is -2.04. The van der Waals surface area contributed by atoms with Crippen LogP contribution in [0.15, 0.2) is 71.7 Å². The second-order valence-electron chi connectivity index (χ2n) is 4.28. The Hall–Kier alpha value is -2.12. The molecule has 0 N–H and O–H groups in total. The van der Waals surface area contributed by atoms with Gasteiger partial charge in [-0.1, -0.05) is 60.1 Å². The SMILES string of the molecule is Clc1ccc2ccccc2c1C=Nc1ccccc1. The molecular formula is C17H12ClN. The third-order valence-electron chi connectivity index (χ3n) is 3.02. The van der Waals surface area contributed by atoms with Crippen LogP contribution in [0.1, 0.15) is 5.56 Å². The van der Waals surface area contributed by atoms with Gasteiger partial charge in [0, 0.05) is 16.8 Å². The average Bonchev–Trinajstić information content (AvgIpc) is 2.47. The molecule has 0 unspecified atom stereocenters. The van der Waals surface area contributed by atoms with Crippen LogP contribution in [0.25, 0.3) is 10.8 Å².